The molecule has 0 aliphatic carbocycles. The molecule has 0 aromatic carbocycles. The van der Waals surface area contributed by atoms with Gasteiger partial charge in [0.2, 0.25) is 5.95 Å². The number of hydrogen-bond acceptors (Lipinski definition) is 6. The molecule has 0 bridgehead atoms. The van der Waals surface area contributed by atoms with Gasteiger partial charge in [-0.2, -0.15) is 10.1 Å². The van der Waals surface area contributed by atoms with Crippen LogP contribution in [-0.2, 0) is 13.6 Å². The first-order valence-electron chi connectivity index (χ1n) is 9.11. The monoisotopic (exact) mass is 379 g/mol. The molecule has 0 spiro atoms. The topological polar surface area (TPSA) is 53.3 Å². The summed E-state index contributed by atoms with van der Waals surface area (Å²) in [5.74, 6) is 1.59. The molecule has 0 radical (unpaired) electrons. The summed E-state index contributed by atoms with van der Waals surface area (Å²) in [6.07, 6.45) is 2.86. The first-order valence-corrected chi connectivity index (χ1v) is 9.11. The highest BCUT2D eigenvalue weighted by Gasteiger charge is 2.26. The smallest absolute Gasteiger partial charge is 0.282 e. The van der Waals surface area contributed by atoms with Crippen molar-refractivity contribution in [1.82, 2.24) is 24.6 Å². The zero-order valence-corrected chi connectivity index (χ0v) is 16.3. The molecule has 27 heavy (non-hydrogen) atoms. The predicted molar refractivity (Wildman–Crippen MR) is 101 cm³/mol. The quantitative estimate of drug-likeness (QED) is 0.768. The second-order valence-corrected chi connectivity index (χ2v) is 7.24. The van der Waals surface area contributed by atoms with Gasteiger partial charge in [-0.1, -0.05) is 0 Å². The van der Waals surface area contributed by atoms with Crippen molar-refractivity contribution in [2.45, 2.75) is 31.9 Å². The van der Waals surface area contributed by atoms with Crippen molar-refractivity contribution in [1.29, 1.82) is 0 Å². The number of halogens is 2. The van der Waals surface area contributed by atoms with E-state index >= 15 is 0 Å². The van der Waals surface area contributed by atoms with Gasteiger partial charge in [0.05, 0.1) is 0 Å². The van der Waals surface area contributed by atoms with E-state index in [1.807, 2.05) is 25.1 Å². The highest BCUT2D eigenvalue weighted by Crippen LogP contribution is 2.25. The Morgan fingerprint density at radius 1 is 1.22 bits per heavy atom. The third-order valence-electron chi connectivity index (χ3n) is 5.03. The molecule has 9 heteroatoms. The fourth-order valence-electron chi connectivity index (χ4n) is 3.50. The summed E-state index contributed by atoms with van der Waals surface area (Å²) in [6.45, 7) is 2.23. The highest BCUT2D eigenvalue weighted by atomic mass is 19.3. The van der Waals surface area contributed by atoms with E-state index in [0.29, 0.717) is 24.1 Å². The van der Waals surface area contributed by atoms with Gasteiger partial charge >= 0.3 is 0 Å². The number of alkyl halides is 2. The molecule has 0 amide bonds. The van der Waals surface area contributed by atoms with Crippen LogP contribution in [-0.4, -0.2) is 64.9 Å². The molecule has 3 rings (SSSR count). The van der Waals surface area contributed by atoms with E-state index < -0.39 is 6.43 Å². The minimum atomic E-state index is -2.53. The van der Waals surface area contributed by atoms with Crippen molar-refractivity contribution in [3.63, 3.8) is 0 Å². The highest BCUT2D eigenvalue weighted by molar-refractivity contribution is 5.43. The van der Waals surface area contributed by atoms with E-state index in [2.05, 4.69) is 31.9 Å². The molecule has 0 saturated carbocycles. The number of rotatable bonds is 6. The molecule has 1 fully saturated rings. The largest absolute Gasteiger partial charge is 0.356 e. The maximum atomic E-state index is 13.1. The Balaban J connectivity index is 1.59. The second-order valence-electron chi connectivity index (χ2n) is 7.24. The molecule has 3 heterocycles. The first-order chi connectivity index (χ1) is 12.8. The van der Waals surface area contributed by atoms with E-state index in [4.69, 9.17) is 0 Å². The lowest BCUT2D eigenvalue weighted by Gasteiger charge is -2.37. The van der Waals surface area contributed by atoms with Crippen LogP contribution in [0.15, 0.2) is 18.5 Å². The average molecular weight is 379 g/mol. The standard InChI is InChI=1S/C18H27F2N7/c1-24(2)18-21-8-5-15(22-18)26(4)14-6-9-27(10-7-14)12-13-11-25(3)23-16(13)17(19)20/h5,8,11,14,17H,6-7,9-10,12H2,1-4H3. The van der Waals surface area contributed by atoms with E-state index in [-0.39, 0.29) is 5.69 Å². The molecule has 0 atom stereocenters. The van der Waals surface area contributed by atoms with Crippen molar-refractivity contribution in [3.05, 3.63) is 29.7 Å². The molecule has 1 aliphatic heterocycles. The lowest BCUT2D eigenvalue weighted by atomic mass is 10.0. The number of hydrogen-bond donors (Lipinski definition) is 0. The van der Waals surface area contributed by atoms with Gasteiger partial charge in [0, 0.05) is 71.8 Å². The van der Waals surface area contributed by atoms with Gasteiger partial charge in [0.15, 0.2) is 0 Å². The van der Waals surface area contributed by atoms with Crippen LogP contribution in [0.2, 0.25) is 0 Å². The van der Waals surface area contributed by atoms with Crippen LogP contribution in [0.3, 0.4) is 0 Å². The molecule has 148 valence electrons. The number of aromatic nitrogens is 4. The summed E-state index contributed by atoms with van der Waals surface area (Å²) >= 11 is 0. The Morgan fingerprint density at radius 3 is 2.56 bits per heavy atom. The molecule has 2 aromatic heterocycles. The van der Waals surface area contributed by atoms with Gasteiger partial charge < -0.3 is 9.80 Å². The normalized spacial score (nSPS) is 16.1. The predicted octanol–water partition coefficient (Wildman–Crippen LogP) is 2.31. The summed E-state index contributed by atoms with van der Waals surface area (Å²) in [5, 5.41) is 3.89. The summed E-state index contributed by atoms with van der Waals surface area (Å²) in [6, 6.07) is 2.29. The van der Waals surface area contributed by atoms with Gasteiger partial charge in [-0.3, -0.25) is 9.58 Å². The minimum absolute atomic E-state index is 0.103. The third-order valence-corrected chi connectivity index (χ3v) is 5.03. The van der Waals surface area contributed by atoms with E-state index in [9.17, 15) is 8.78 Å². The minimum Gasteiger partial charge on any atom is -0.356 e. The van der Waals surface area contributed by atoms with Crippen molar-refractivity contribution in [2.75, 3.05) is 44.0 Å². The molecule has 0 N–H and O–H groups in total. The molecule has 2 aromatic rings. The molecule has 1 aliphatic rings. The third kappa shape index (κ3) is 4.52. The number of likely N-dealkylation sites (tertiary alicyclic amines) is 1. The SMILES string of the molecule is CN(C)c1nccc(N(C)C2CCN(Cc3cn(C)nc3C(F)F)CC2)n1. The lowest BCUT2D eigenvalue weighted by Crippen LogP contribution is -2.43. The lowest BCUT2D eigenvalue weighted by molar-refractivity contribution is 0.140. The Labute approximate surface area is 158 Å². The van der Waals surface area contributed by atoms with Gasteiger partial charge in [0.25, 0.3) is 6.43 Å². The van der Waals surface area contributed by atoms with Crippen LogP contribution < -0.4 is 9.80 Å². The van der Waals surface area contributed by atoms with Gasteiger partial charge in [-0.05, 0) is 18.9 Å². The summed E-state index contributed by atoms with van der Waals surface area (Å²) < 4.78 is 27.7. The Morgan fingerprint density at radius 2 is 1.93 bits per heavy atom. The van der Waals surface area contributed by atoms with Crippen LogP contribution in [0.4, 0.5) is 20.5 Å². The Hall–Kier alpha value is -2.29. The Kier molecular flexibility index (Phi) is 5.88. The van der Waals surface area contributed by atoms with E-state index in [0.717, 1.165) is 31.7 Å². The molecule has 0 unspecified atom stereocenters. The molecular weight excluding hydrogens is 352 g/mol. The number of nitrogens with zero attached hydrogens (tertiary/aromatic N) is 7. The average Bonchev–Trinajstić information content (AvgIpc) is 3.02. The van der Waals surface area contributed by atoms with Crippen molar-refractivity contribution >= 4 is 11.8 Å². The maximum Gasteiger partial charge on any atom is 0.282 e. The number of aryl methyl sites for hydroxylation is 1. The second kappa shape index (κ2) is 8.16. The van der Waals surface area contributed by atoms with Gasteiger partial charge in [-0.15, -0.1) is 0 Å². The Bertz CT molecular complexity index is 754. The maximum absolute atomic E-state index is 13.1. The summed E-state index contributed by atoms with van der Waals surface area (Å²) in [4.78, 5) is 15.2. The fraction of sp³-hybridized carbons (Fsp3) is 0.611. The van der Waals surface area contributed by atoms with Crippen LogP contribution in [0, 0.1) is 0 Å². The molecular formula is C18H27F2N7. The van der Waals surface area contributed by atoms with Gasteiger partial charge in [-0.25, -0.2) is 13.8 Å². The fourth-order valence-corrected chi connectivity index (χ4v) is 3.50. The molecule has 7 nitrogen and oxygen atoms in total. The van der Waals surface area contributed by atoms with Crippen molar-refractivity contribution in [2.24, 2.45) is 7.05 Å². The zero-order valence-electron chi connectivity index (χ0n) is 16.3. The van der Waals surface area contributed by atoms with Crippen molar-refractivity contribution in [3.8, 4) is 0 Å². The van der Waals surface area contributed by atoms with Crippen LogP contribution >= 0.6 is 0 Å². The van der Waals surface area contributed by atoms with Crippen molar-refractivity contribution < 1.29 is 8.78 Å². The van der Waals surface area contributed by atoms with Crippen LogP contribution in [0.5, 0.6) is 0 Å². The molecule has 1 saturated heterocycles. The number of piperidine rings is 1. The van der Waals surface area contributed by atoms with Crippen LogP contribution in [0.1, 0.15) is 30.5 Å². The van der Waals surface area contributed by atoms with Crippen LogP contribution in [0.25, 0.3) is 0 Å². The first kappa shape index (κ1) is 19.5. The zero-order chi connectivity index (χ0) is 19.6. The summed E-state index contributed by atoms with van der Waals surface area (Å²) in [5.41, 5.74) is 0.514. The van der Waals surface area contributed by atoms with E-state index in [1.165, 1.54) is 4.68 Å². The van der Waals surface area contributed by atoms with Gasteiger partial charge in [0.1, 0.15) is 11.5 Å². The van der Waals surface area contributed by atoms with E-state index in [1.54, 1.807) is 19.4 Å². The summed E-state index contributed by atoms with van der Waals surface area (Å²) in [7, 11) is 7.58. The number of anilines is 2.